The smallest absolute Gasteiger partial charge is 0.268 e. The molecule has 0 amide bonds. The Morgan fingerprint density at radius 1 is 1.20 bits per heavy atom. The molecule has 154 valence electrons. The number of ether oxygens (including phenoxy) is 1. The molecular weight excluding hydrogens is 408 g/mol. The Balaban J connectivity index is 2.12. The lowest BCUT2D eigenvalue weighted by molar-refractivity contribution is -0.110. The lowest BCUT2D eigenvalue weighted by atomic mass is 9.98. The van der Waals surface area contributed by atoms with Crippen molar-refractivity contribution < 1.29 is 19.4 Å². The van der Waals surface area contributed by atoms with E-state index in [2.05, 4.69) is 5.10 Å². The monoisotopic (exact) mass is 426 g/mol. The summed E-state index contributed by atoms with van der Waals surface area (Å²) in [6, 6.07) is 14.1. The van der Waals surface area contributed by atoms with Crippen LogP contribution in [0.5, 0.6) is 5.88 Å². The van der Waals surface area contributed by atoms with Crippen molar-refractivity contribution in [3.05, 3.63) is 81.1 Å². The van der Waals surface area contributed by atoms with Crippen LogP contribution in [0.15, 0.2) is 59.4 Å². The highest BCUT2D eigenvalue weighted by molar-refractivity contribution is 6.31. The van der Waals surface area contributed by atoms with Crippen LogP contribution in [0.3, 0.4) is 0 Å². The normalized spacial score (nSPS) is 11.7. The molecule has 0 saturated carbocycles. The van der Waals surface area contributed by atoms with Crippen LogP contribution in [-0.2, 0) is 11.2 Å². The van der Waals surface area contributed by atoms with E-state index in [1.807, 2.05) is 30.3 Å². The number of carbonyl (C=O) groups excluding carboxylic acids is 2. The molecule has 0 aliphatic heterocycles. The van der Waals surface area contributed by atoms with Crippen LogP contribution in [0.25, 0.3) is 11.1 Å². The summed E-state index contributed by atoms with van der Waals surface area (Å²) in [6.45, 7) is -0.703. The van der Waals surface area contributed by atoms with Gasteiger partial charge in [0, 0.05) is 23.1 Å². The largest absolute Gasteiger partial charge is 0.480 e. The number of halogens is 1. The van der Waals surface area contributed by atoms with Crippen molar-refractivity contribution >= 4 is 23.7 Å². The summed E-state index contributed by atoms with van der Waals surface area (Å²) < 4.78 is 6.40. The van der Waals surface area contributed by atoms with Gasteiger partial charge in [-0.25, -0.2) is 4.68 Å². The Bertz CT molecular complexity index is 1130. The van der Waals surface area contributed by atoms with Crippen molar-refractivity contribution in [2.24, 2.45) is 0 Å². The summed E-state index contributed by atoms with van der Waals surface area (Å²) >= 11 is 6.08. The first kappa shape index (κ1) is 21.4. The molecule has 8 heteroatoms. The standard InChI is InChI=1S/C22H19ClN2O5/c1-30-22-19(18-10-15(23)7-8-17(18)20(28)13-27)11-21(29)25(24-22)16(12-26)9-14-5-3-2-4-6-14/h2-8,10-12,16,27H,9,13H2,1H3. The van der Waals surface area contributed by atoms with Crippen molar-refractivity contribution in [1.82, 2.24) is 9.78 Å². The molecule has 7 nitrogen and oxygen atoms in total. The van der Waals surface area contributed by atoms with Gasteiger partial charge in [0.05, 0.1) is 12.7 Å². The van der Waals surface area contributed by atoms with Crippen molar-refractivity contribution in [3.8, 4) is 17.0 Å². The van der Waals surface area contributed by atoms with Crippen LogP contribution in [0.1, 0.15) is 22.0 Å². The van der Waals surface area contributed by atoms with Crippen LogP contribution in [0, 0.1) is 0 Å². The molecule has 1 heterocycles. The number of carbonyl (C=O) groups is 2. The summed E-state index contributed by atoms with van der Waals surface area (Å²) in [5, 5.41) is 13.8. The fourth-order valence-corrected chi connectivity index (χ4v) is 3.32. The van der Waals surface area contributed by atoms with Gasteiger partial charge in [-0.05, 0) is 29.3 Å². The number of hydrogen-bond acceptors (Lipinski definition) is 6. The number of aliphatic hydroxyl groups is 1. The van der Waals surface area contributed by atoms with Crippen LogP contribution in [-0.4, -0.2) is 40.7 Å². The number of nitrogens with zero attached hydrogens (tertiary/aromatic N) is 2. The van der Waals surface area contributed by atoms with Crippen molar-refractivity contribution in [2.75, 3.05) is 13.7 Å². The highest BCUT2D eigenvalue weighted by Crippen LogP contribution is 2.32. The zero-order chi connectivity index (χ0) is 21.7. The number of rotatable bonds is 8. The van der Waals surface area contributed by atoms with E-state index < -0.39 is 24.0 Å². The summed E-state index contributed by atoms with van der Waals surface area (Å²) in [4.78, 5) is 36.7. The molecule has 30 heavy (non-hydrogen) atoms. The molecule has 3 rings (SSSR count). The molecule has 0 fully saturated rings. The van der Waals surface area contributed by atoms with E-state index in [4.69, 9.17) is 16.3 Å². The van der Waals surface area contributed by atoms with E-state index in [0.717, 1.165) is 10.2 Å². The van der Waals surface area contributed by atoms with E-state index in [9.17, 15) is 19.5 Å². The molecule has 0 bridgehead atoms. The van der Waals surface area contributed by atoms with Gasteiger partial charge in [0.2, 0.25) is 5.88 Å². The number of methoxy groups -OCH3 is 1. The average molecular weight is 427 g/mol. The second kappa shape index (κ2) is 9.47. The lowest BCUT2D eigenvalue weighted by Gasteiger charge is -2.17. The maximum absolute atomic E-state index is 12.8. The van der Waals surface area contributed by atoms with E-state index in [0.29, 0.717) is 16.9 Å². The van der Waals surface area contributed by atoms with E-state index in [-0.39, 0.29) is 23.4 Å². The SMILES string of the molecule is COc1nn(C(C=O)Cc2ccccc2)c(=O)cc1-c1cc(Cl)ccc1C(=O)CO. The van der Waals surface area contributed by atoms with Gasteiger partial charge in [-0.15, -0.1) is 5.10 Å². The minimum atomic E-state index is -0.833. The summed E-state index contributed by atoms with van der Waals surface area (Å²) in [5.41, 5.74) is 1.05. The maximum Gasteiger partial charge on any atom is 0.268 e. The van der Waals surface area contributed by atoms with Gasteiger partial charge in [0.1, 0.15) is 18.9 Å². The quantitative estimate of drug-likeness (QED) is 0.439. The molecule has 0 spiro atoms. The minimum absolute atomic E-state index is 0.0452. The van der Waals surface area contributed by atoms with E-state index in [1.165, 1.54) is 31.4 Å². The van der Waals surface area contributed by atoms with Gasteiger partial charge >= 0.3 is 0 Å². The highest BCUT2D eigenvalue weighted by atomic mass is 35.5. The highest BCUT2D eigenvalue weighted by Gasteiger charge is 2.21. The molecule has 1 atom stereocenters. The Kier molecular flexibility index (Phi) is 6.76. The van der Waals surface area contributed by atoms with Crippen LogP contribution in [0.2, 0.25) is 5.02 Å². The first-order valence-electron chi connectivity index (χ1n) is 9.09. The molecule has 0 aliphatic carbocycles. The van der Waals surface area contributed by atoms with Gasteiger partial charge in [0.15, 0.2) is 5.78 Å². The Morgan fingerprint density at radius 2 is 1.93 bits per heavy atom. The number of aldehydes is 1. The number of Topliss-reactive ketones (excluding diaryl/α,β-unsaturated/α-hetero) is 1. The fourth-order valence-electron chi connectivity index (χ4n) is 3.15. The topological polar surface area (TPSA) is 98.5 Å². The first-order chi connectivity index (χ1) is 14.5. The Labute approximate surface area is 177 Å². The molecule has 3 aromatic rings. The third kappa shape index (κ3) is 4.48. The summed E-state index contributed by atoms with van der Waals surface area (Å²) in [6.07, 6.45) is 0.936. The lowest BCUT2D eigenvalue weighted by Crippen LogP contribution is -2.29. The van der Waals surface area contributed by atoms with Crippen molar-refractivity contribution in [3.63, 3.8) is 0 Å². The summed E-state index contributed by atoms with van der Waals surface area (Å²) in [5.74, 6) is -0.494. The number of hydrogen-bond donors (Lipinski definition) is 1. The number of aliphatic hydroxyl groups excluding tert-OH is 1. The second-order valence-electron chi connectivity index (χ2n) is 6.51. The van der Waals surface area contributed by atoms with E-state index >= 15 is 0 Å². The van der Waals surface area contributed by atoms with Crippen LogP contribution in [0.4, 0.5) is 0 Å². The zero-order valence-electron chi connectivity index (χ0n) is 16.1. The predicted octanol–water partition coefficient (Wildman–Crippen LogP) is 2.73. The Hall–Kier alpha value is -3.29. The van der Waals surface area contributed by atoms with Crippen molar-refractivity contribution in [1.29, 1.82) is 0 Å². The van der Waals surface area contributed by atoms with Gasteiger partial charge in [0.25, 0.3) is 5.56 Å². The number of benzene rings is 2. The maximum atomic E-state index is 12.8. The van der Waals surface area contributed by atoms with Gasteiger partial charge in [-0.3, -0.25) is 9.59 Å². The second-order valence-corrected chi connectivity index (χ2v) is 6.95. The van der Waals surface area contributed by atoms with Gasteiger partial charge in [-0.1, -0.05) is 41.9 Å². The predicted molar refractivity (Wildman–Crippen MR) is 112 cm³/mol. The Morgan fingerprint density at radius 3 is 2.57 bits per heavy atom. The van der Waals surface area contributed by atoms with Gasteiger partial charge < -0.3 is 14.6 Å². The third-order valence-corrected chi connectivity index (χ3v) is 4.83. The van der Waals surface area contributed by atoms with Crippen molar-refractivity contribution in [2.45, 2.75) is 12.5 Å². The van der Waals surface area contributed by atoms with Crippen LogP contribution < -0.4 is 10.3 Å². The number of ketones is 1. The molecule has 0 aliphatic rings. The average Bonchev–Trinajstić information content (AvgIpc) is 2.77. The fraction of sp³-hybridized carbons (Fsp3) is 0.182. The minimum Gasteiger partial charge on any atom is -0.480 e. The molecule has 1 unspecified atom stereocenters. The molecule has 2 aromatic carbocycles. The van der Waals surface area contributed by atoms with E-state index in [1.54, 1.807) is 0 Å². The molecule has 0 radical (unpaired) electrons. The molecule has 0 saturated heterocycles. The van der Waals surface area contributed by atoms with Gasteiger partial charge in [-0.2, -0.15) is 0 Å². The molecule has 1 aromatic heterocycles. The first-order valence-corrected chi connectivity index (χ1v) is 9.47. The molecule has 1 N–H and O–H groups in total. The molecular formula is C22H19ClN2O5. The third-order valence-electron chi connectivity index (χ3n) is 4.59. The van der Waals surface area contributed by atoms with Crippen LogP contribution >= 0.6 is 11.6 Å². The summed E-state index contributed by atoms with van der Waals surface area (Å²) in [7, 11) is 1.37. The zero-order valence-corrected chi connectivity index (χ0v) is 16.9. The number of aromatic nitrogens is 2.